The van der Waals surface area contributed by atoms with Crippen molar-refractivity contribution in [1.82, 2.24) is 0 Å². The highest BCUT2D eigenvalue weighted by atomic mass is 16.5. The largest absolute Gasteiger partial charge is 0.497 e. The molecule has 1 atom stereocenters. The molecule has 0 spiro atoms. The van der Waals surface area contributed by atoms with Gasteiger partial charge in [-0.2, -0.15) is 0 Å². The van der Waals surface area contributed by atoms with E-state index < -0.39 is 0 Å². The molecule has 1 amide bonds. The van der Waals surface area contributed by atoms with Crippen LogP contribution in [0.25, 0.3) is 0 Å². The molecule has 1 aliphatic heterocycles. The summed E-state index contributed by atoms with van der Waals surface area (Å²) in [5.41, 5.74) is 1.74. The number of carbonyl (C=O) groups is 1. The lowest BCUT2D eigenvalue weighted by atomic mass is 10.0. The monoisotopic (exact) mass is 234 g/mol. The summed E-state index contributed by atoms with van der Waals surface area (Å²) >= 11 is 0. The van der Waals surface area contributed by atoms with E-state index in [4.69, 9.17) is 4.74 Å². The van der Waals surface area contributed by atoms with Gasteiger partial charge in [-0.3, -0.25) is 4.79 Å². The first kappa shape index (κ1) is 11.8. The van der Waals surface area contributed by atoms with Crippen LogP contribution in [0.15, 0.2) is 18.2 Å². The Hall–Kier alpha value is -1.71. The predicted molar refractivity (Wildman–Crippen MR) is 68.5 cm³/mol. The summed E-state index contributed by atoms with van der Waals surface area (Å²) in [5.74, 6) is 1.24. The van der Waals surface area contributed by atoms with Crippen LogP contribution in [0.3, 0.4) is 0 Å². The fraction of sp³-hybridized carbons (Fsp3) is 0.462. The number of hydrogen-bond acceptors (Lipinski definition) is 3. The van der Waals surface area contributed by atoms with E-state index in [1.165, 1.54) is 0 Å². The SMILES string of the molecule is COc1ccc2c(c1)NC(C(C)C)CC(=O)N2. The minimum absolute atomic E-state index is 0.0557. The predicted octanol–water partition coefficient (Wildman–Crippen LogP) is 2.47. The van der Waals surface area contributed by atoms with Gasteiger partial charge in [-0.15, -0.1) is 0 Å². The van der Waals surface area contributed by atoms with Gasteiger partial charge in [-0.05, 0) is 18.1 Å². The molecular weight excluding hydrogens is 216 g/mol. The lowest BCUT2D eigenvalue weighted by molar-refractivity contribution is -0.116. The number of methoxy groups -OCH3 is 1. The highest BCUT2D eigenvalue weighted by Gasteiger charge is 2.23. The molecule has 0 saturated carbocycles. The van der Waals surface area contributed by atoms with Crippen LogP contribution in [0.4, 0.5) is 11.4 Å². The van der Waals surface area contributed by atoms with E-state index in [1.807, 2.05) is 18.2 Å². The van der Waals surface area contributed by atoms with Crippen LogP contribution < -0.4 is 15.4 Å². The maximum absolute atomic E-state index is 11.7. The number of anilines is 2. The molecule has 0 saturated heterocycles. The first-order valence-corrected chi connectivity index (χ1v) is 5.84. The Labute approximate surface area is 101 Å². The standard InChI is InChI=1S/C13H18N2O2/c1-8(2)11-7-13(16)15-10-5-4-9(17-3)6-12(10)14-11/h4-6,8,11,14H,7H2,1-3H3,(H,15,16). The second-order valence-corrected chi connectivity index (χ2v) is 4.66. The van der Waals surface area contributed by atoms with E-state index in [2.05, 4.69) is 24.5 Å². The van der Waals surface area contributed by atoms with Gasteiger partial charge in [-0.1, -0.05) is 13.8 Å². The number of amides is 1. The van der Waals surface area contributed by atoms with Gasteiger partial charge in [0.15, 0.2) is 0 Å². The zero-order valence-corrected chi connectivity index (χ0v) is 10.4. The van der Waals surface area contributed by atoms with Gasteiger partial charge in [0.25, 0.3) is 0 Å². The molecule has 4 nitrogen and oxygen atoms in total. The molecule has 1 unspecified atom stereocenters. The molecule has 1 aliphatic rings. The highest BCUT2D eigenvalue weighted by molar-refractivity contribution is 5.96. The van der Waals surface area contributed by atoms with Crippen LogP contribution in [0.1, 0.15) is 20.3 Å². The Morgan fingerprint density at radius 3 is 2.76 bits per heavy atom. The lowest BCUT2D eigenvalue weighted by Crippen LogP contribution is -2.27. The second-order valence-electron chi connectivity index (χ2n) is 4.66. The summed E-state index contributed by atoms with van der Waals surface area (Å²) in [6.45, 7) is 4.21. The third-order valence-corrected chi connectivity index (χ3v) is 3.05. The number of ether oxygens (including phenoxy) is 1. The first-order chi connectivity index (χ1) is 8.10. The van der Waals surface area contributed by atoms with Crippen LogP contribution >= 0.6 is 0 Å². The van der Waals surface area contributed by atoms with Crippen molar-refractivity contribution >= 4 is 17.3 Å². The fourth-order valence-electron chi connectivity index (χ4n) is 1.93. The molecule has 0 aromatic heterocycles. The fourth-order valence-corrected chi connectivity index (χ4v) is 1.93. The Kier molecular flexibility index (Phi) is 3.22. The Morgan fingerprint density at radius 2 is 2.12 bits per heavy atom. The Morgan fingerprint density at radius 1 is 1.35 bits per heavy atom. The molecule has 0 bridgehead atoms. The summed E-state index contributed by atoms with van der Waals surface area (Å²) in [6.07, 6.45) is 0.495. The van der Waals surface area contributed by atoms with Crippen molar-refractivity contribution < 1.29 is 9.53 Å². The third kappa shape index (κ3) is 2.52. The number of carbonyl (C=O) groups excluding carboxylic acids is 1. The second kappa shape index (κ2) is 4.65. The van der Waals surface area contributed by atoms with Gasteiger partial charge in [0.2, 0.25) is 5.91 Å². The smallest absolute Gasteiger partial charge is 0.226 e. The first-order valence-electron chi connectivity index (χ1n) is 5.84. The number of fused-ring (bicyclic) bond motifs is 1. The highest BCUT2D eigenvalue weighted by Crippen LogP contribution is 2.31. The van der Waals surface area contributed by atoms with Crippen molar-refractivity contribution in [2.75, 3.05) is 17.7 Å². The summed E-state index contributed by atoms with van der Waals surface area (Å²) in [5, 5.41) is 6.30. The van der Waals surface area contributed by atoms with Crippen LogP contribution in [-0.2, 0) is 4.79 Å². The molecule has 0 radical (unpaired) electrons. The van der Waals surface area contributed by atoms with Gasteiger partial charge in [-0.25, -0.2) is 0 Å². The quantitative estimate of drug-likeness (QED) is 0.826. The molecular formula is C13H18N2O2. The van der Waals surface area contributed by atoms with E-state index in [9.17, 15) is 4.79 Å². The van der Waals surface area contributed by atoms with E-state index >= 15 is 0 Å². The summed E-state index contributed by atoms with van der Waals surface area (Å²) < 4.78 is 5.19. The molecule has 1 aromatic carbocycles. The van der Waals surface area contributed by atoms with Gasteiger partial charge in [0.1, 0.15) is 5.75 Å². The van der Waals surface area contributed by atoms with Gasteiger partial charge in [0.05, 0.1) is 18.5 Å². The van der Waals surface area contributed by atoms with Gasteiger partial charge >= 0.3 is 0 Å². The molecule has 1 aromatic rings. The third-order valence-electron chi connectivity index (χ3n) is 3.05. The zero-order chi connectivity index (χ0) is 12.4. The van der Waals surface area contributed by atoms with E-state index in [-0.39, 0.29) is 11.9 Å². The molecule has 2 N–H and O–H groups in total. The van der Waals surface area contributed by atoms with Crippen LogP contribution in [0, 0.1) is 5.92 Å². The van der Waals surface area contributed by atoms with E-state index in [1.54, 1.807) is 7.11 Å². The molecule has 0 aliphatic carbocycles. The average Bonchev–Trinajstić information content (AvgIpc) is 2.46. The lowest BCUT2D eigenvalue weighted by Gasteiger charge is -2.20. The molecule has 92 valence electrons. The van der Waals surface area contributed by atoms with E-state index in [0.717, 1.165) is 17.1 Å². The number of nitrogens with one attached hydrogen (secondary N) is 2. The average molecular weight is 234 g/mol. The minimum Gasteiger partial charge on any atom is -0.497 e. The number of rotatable bonds is 2. The van der Waals surface area contributed by atoms with Crippen molar-refractivity contribution in [3.05, 3.63) is 18.2 Å². The topological polar surface area (TPSA) is 50.4 Å². The molecule has 17 heavy (non-hydrogen) atoms. The Bertz CT molecular complexity index is 429. The number of hydrogen-bond donors (Lipinski definition) is 2. The van der Waals surface area contributed by atoms with E-state index in [0.29, 0.717) is 12.3 Å². The van der Waals surface area contributed by atoms with Crippen LogP contribution in [0.5, 0.6) is 5.75 Å². The Balaban J connectivity index is 2.35. The van der Waals surface area contributed by atoms with Crippen molar-refractivity contribution in [2.45, 2.75) is 26.3 Å². The summed E-state index contributed by atoms with van der Waals surface area (Å²) in [6, 6.07) is 5.78. The zero-order valence-electron chi connectivity index (χ0n) is 10.4. The minimum atomic E-state index is 0.0557. The van der Waals surface area contributed by atoms with Crippen molar-refractivity contribution in [3.8, 4) is 5.75 Å². The normalized spacial score (nSPS) is 19.1. The van der Waals surface area contributed by atoms with Gasteiger partial charge in [0, 0.05) is 18.5 Å². The van der Waals surface area contributed by atoms with Crippen molar-refractivity contribution in [2.24, 2.45) is 5.92 Å². The molecule has 2 rings (SSSR count). The molecule has 1 heterocycles. The molecule has 4 heteroatoms. The summed E-state index contributed by atoms with van der Waals surface area (Å²) in [4.78, 5) is 11.7. The number of benzene rings is 1. The maximum atomic E-state index is 11.7. The van der Waals surface area contributed by atoms with Crippen LogP contribution in [0.2, 0.25) is 0 Å². The van der Waals surface area contributed by atoms with Crippen molar-refractivity contribution in [1.29, 1.82) is 0 Å². The molecule has 0 fully saturated rings. The van der Waals surface area contributed by atoms with Crippen LogP contribution in [-0.4, -0.2) is 19.1 Å². The maximum Gasteiger partial charge on any atom is 0.226 e. The van der Waals surface area contributed by atoms with Gasteiger partial charge < -0.3 is 15.4 Å². The summed E-state index contributed by atoms with van der Waals surface area (Å²) in [7, 11) is 1.64. The van der Waals surface area contributed by atoms with Crippen molar-refractivity contribution in [3.63, 3.8) is 0 Å².